The van der Waals surface area contributed by atoms with Crippen LogP contribution in [0.25, 0.3) is 0 Å². The molecule has 0 saturated carbocycles. The van der Waals surface area contributed by atoms with Gasteiger partial charge in [0.05, 0.1) is 6.20 Å². The highest BCUT2D eigenvalue weighted by molar-refractivity contribution is 6.31. The van der Waals surface area contributed by atoms with Crippen molar-refractivity contribution in [3.63, 3.8) is 0 Å². The molecule has 2 rings (SSSR count). The molecule has 20 heavy (non-hydrogen) atoms. The average Bonchev–Trinajstić information content (AvgIpc) is 2.81. The molecule has 0 aliphatic heterocycles. The number of nitrogens with one attached hydrogen (secondary N) is 1. The first-order valence-corrected chi connectivity index (χ1v) is 7.39. The van der Waals surface area contributed by atoms with E-state index in [0.717, 1.165) is 18.0 Å². The number of benzene rings is 1. The molecule has 0 bridgehead atoms. The Morgan fingerprint density at radius 3 is 2.65 bits per heavy atom. The van der Waals surface area contributed by atoms with Crippen LogP contribution < -0.4 is 5.32 Å². The Morgan fingerprint density at radius 2 is 2.05 bits per heavy atom. The van der Waals surface area contributed by atoms with Crippen LogP contribution >= 0.6 is 11.6 Å². The molecule has 1 aromatic heterocycles. The van der Waals surface area contributed by atoms with Crippen molar-refractivity contribution in [3.05, 3.63) is 52.8 Å². The summed E-state index contributed by atoms with van der Waals surface area (Å²) in [6.45, 7) is 5.23. The molecule has 4 heteroatoms. The fourth-order valence-electron chi connectivity index (χ4n) is 2.34. The smallest absolute Gasteiger partial charge is 0.0521 e. The number of halogens is 1. The van der Waals surface area contributed by atoms with Gasteiger partial charge in [-0.2, -0.15) is 5.10 Å². The largest absolute Gasteiger partial charge is 0.314 e. The molecule has 1 atom stereocenters. The van der Waals surface area contributed by atoms with Crippen LogP contribution in [0, 0.1) is 0 Å². The predicted octanol–water partition coefficient (Wildman–Crippen LogP) is 3.40. The van der Waals surface area contributed by atoms with E-state index in [9.17, 15) is 0 Å². The number of nitrogens with zero attached hydrogens (tertiary/aromatic N) is 2. The van der Waals surface area contributed by atoms with Crippen molar-refractivity contribution in [2.45, 2.75) is 32.2 Å². The van der Waals surface area contributed by atoms with Crippen molar-refractivity contribution < 1.29 is 0 Å². The van der Waals surface area contributed by atoms with Gasteiger partial charge in [-0.1, -0.05) is 43.6 Å². The third kappa shape index (κ3) is 4.09. The Labute approximate surface area is 126 Å². The molecular weight excluding hydrogens is 270 g/mol. The maximum Gasteiger partial charge on any atom is 0.0521 e. The van der Waals surface area contributed by atoms with E-state index in [-0.39, 0.29) is 0 Å². The average molecular weight is 292 g/mol. The zero-order valence-electron chi connectivity index (χ0n) is 12.3. The Morgan fingerprint density at radius 1 is 1.30 bits per heavy atom. The summed E-state index contributed by atoms with van der Waals surface area (Å²) in [4.78, 5) is 0. The molecule has 108 valence electrons. The van der Waals surface area contributed by atoms with E-state index < -0.39 is 0 Å². The summed E-state index contributed by atoms with van der Waals surface area (Å²) in [5, 5.41) is 8.60. The summed E-state index contributed by atoms with van der Waals surface area (Å²) in [5.41, 5.74) is 2.44. The number of rotatable bonds is 6. The third-order valence-electron chi connectivity index (χ3n) is 3.36. The van der Waals surface area contributed by atoms with Crippen LogP contribution in [0.1, 0.15) is 30.9 Å². The van der Waals surface area contributed by atoms with Crippen molar-refractivity contribution in [1.82, 2.24) is 15.1 Å². The Bertz CT molecular complexity index is 548. The standard InChI is InChI=1S/C16H22ClN3/c1-12(2)18-10-14(8-13-9-19-20(3)11-13)15-6-4-5-7-16(15)17/h4-7,9,11-12,14,18H,8,10H2,1-3H3. The van der Waals surface area contributed by atoms with E-state index in [4.69, 9.17) is 11.6 Å². The molecular formula is C16H22ClN3. The van der Waals surface area contributed by atoms with Crippen molar-refractivity contribution in [2.24, 2.45) is 7.05 Å². The van der Waals surface area contributed by atoms with Crippen molar-refractivity contribution in [3.8, 4) is 0 Å². The summed E-state index contributed by atoms with van der Waals surface area (Å²) >= 11 is 6.36. The van der Waals surface area contributed by atoms with Crippen LogP contribution in [0.3, 0.4) is 0 Å². The zero-order chi connectivity index (χ0) is 14.5. The molecule has 0 aliphatic carbocycles. The molecule has 0 radical (unpaired) electrons. The summed E-state index contributed by atoms with van der Waals surface area (Å²) in [6, 6.07) is 8.57. The fraction of sp³-hybridized carbons (Fsp3) is 0.438. The molecule has 0 amide bonds. The van der Waals surface area contributed by atoms with E-state index >= 15 is 0 Å². The minimum Gasteiger partial charge on any atom is -0.314 e. The lowest BCUT2D eigenvalue weighted by Gasteiger charge is -2.20. The summed E-state index contributed by atoms with van der Waals surface area (Å²) in [7, 11) is 1.94. The van der Waals surface area contributed by atoms with Gasteiger partial charge in [-0.15, -0.1) is 0 Å². The van der Waals surface area contributed by atoms with Crippen LogP contribution in [0.4, 0.5) is 0 Å². The lowest BCUT2D eigenvalue weighted by molar-refractivity contribution is 0.527. The van der Waals surface area contributed by atoms with Gasteiger partial charge in [-0.25, -0.2) is 0 Å². The van der Waals surface area contributed by atoms with Crippen molar-refractivity contribution >= 4 is 11.6 Å². The predicted molar refractivity (Wildman–Crippen MR) is 84.2 cm³/mol. The molecule has 1 unspecified atom stereocenters. The monoisotopic (exact) mass is 291 g/mol. The topological polar surface area (TPSA) is 29.9 Å². The SMILES string of the molecule is CC(C)NCC(Cc1cnn(C)c1)c1ccccc1Cl. The van der Waals surface area contributed by atoms with Crippen LogP contribution in [0.5, 0.6) is 0 Å². The van der Waals surface area contributed by atoms with E-state index in [1.165, 1.54) is 11.1 Å². The minimum atomic E-state index is 0.357. The second kappa shape index (κ2) is 6.91. The Kier molecular flexibility index (Phi) is 5.21. The van der Waals surface area contributed by atoms with Gasteiger partial charge in [0.2, 0.25) is 0 Å². The highest BCUT2D eigenvalue weighted by atomic mass is 35.5. The Hall–Kier alpha value is -1.32. The maximum atomic E-state index is 6.36. The van der Waals surface area contributed by atoms with Crippen LogP contribution in [0.2, 0.25) is 5.02 Å². The lowest BCUT2D eigenvalue weighted by atomic mass is 9.93. The summed E-state index contributed by atoms with van der Waals surface area (Å²) in [5.74, 6) is 0.357. The zero-order valence-corrected chi connectivity index (χ0v) is 13.1. The van der Waals surface area contributed by atoms with E-state index in [0.29, 0.717) is 12.0 Å². The fourth-order valence-corrected chi connectivity index (χ4v) is 2.63. The molecule has 2 aromatic rings. The molecule has 3 nitrogen and oxygen atoms in total. The summed E-state index contributed by atoms with van der Waals surface area (Å²) in [6.07, 6.45) is 4.94. The molecule has 0 spiro atoms. The van der Waals surface area contributed by atoms with Crippen molar-refractivity contribution in [1.29, 1.82) is 0 Å². The molecule has 0 fully saturated rings. The molecule has 1 N–H and O–H groups in total. The van der Waals surface area contributed by atoms with Gasteiger partial charge in [-0.05, 0) is 23.6 Å². The van der Waals surface area contributed by atoms with Crippen molar-refractivity contribution in [2.75, 3.05) is 6.54 Å². The van der Waals surface area contributed by atoms with Gasteiger partial charge >= 0.3 is 0 Å². The van der Waals surface area contributed by atoms with Crippen LogP contribution in [-0.2, 0) is 13.5 Å². The molecule has 1 aromatic carbocycles. The van der Waals surface area contributed by atoms with Crippen LogP contribution in [-0.4, -0.2) is 22.4 Å². The molecule has 0 saturated heterocycles. The second-order valence-corrected chi connectivity index (χ2v) is 5.91. The van der Waals surface area contributed by atoms with Gasteiger partial charge in [0.25, 0.3) is 0 Å². The highest BCUT2D eigenvalue weighted by Crippen LogP contribution is 2.27. The quantitative estimate of drug-likeness (QED) is 0.884. The van der Waals surface area contributed by atoms with E-state index in [1.807, 2.05) is 36.1 Å². The number of aryl methyl sites for hydroxylation is 1. The minimum absolute atomic E-state index is 0.357. The van der Waals surface area contributed by atoms with Gasteiger partial charge in [0.15, 0.2) is 0 Å². The number of hydrogen-bond donors (Lipinski definition) is 1. The first-order valence-electron chi connectivity index (χ1n) is 7.01. The van der Waals surface area contributed by atoms with Crippen LogP contribution in [0.15, 0.2) is 36.7 Å². The first kappa shape index (κ1) is 15.1. The van der Waals surface area contributed by atoms with Gasteiger partial charge in [0.1, 0.15) is 0 Å². The lowest BCUT2D eigenvalue weighted by Crippen LogP contribution is -2.29. The highest BCUT2D eigenvalue weighted by Gasteiger charge is 2.16. The van der Waals surface area contributed by atoms with E-state index in [2.05, 4.69) is 36.5 Å². The number of aromatic nitrogens is 2. The maximum absolute atomic E-state index is 6.36. The normalized spacial score (nSPS) is 12.8. The second-order valence-electron chi connectivity index (χ2n) is 5.51. The van der Waals surface area contributed by atoms with Gasteiger partial charge < -0.3 is 5.32 Å². The number of hydrogen-bond acceptors (Lipinski definition) is 2. The van der Waals surface area contributed by atoms with Gasteiger partial charge in [-0.3, -0.25) is 4.68 Å². The van der Waals surface area contributed by atoms with E-state index in [1.54, 1.807) is 0 Å². The molecule has 0 aliphatic rings. The summed E-state index contributed by atoms with van der Waals surface area (Å²) < 4.78 is 1.84. The Balaban J connectivity index is 2.18. The third-order valence-corrected chi connectivity index (χ3v) is 3.70. The molecule has 1 heterocycles. The first-order chi connectivity index (χ1) is 9.56. The van der Waals surface area contributed by atoms with Gasteiger partial charge in [0, 0.05) is 36.8 Å².